The van der Waals surface area contributed by atoms with E-state index in [2.05, 4.69) is 10.4 Å². The first-order valence-corrected chi connectivity index (χ1v) is 7.14. The number of anilines is 1. The Morgan fingerprint density at radius 1 is 1.32 bits per heavy atom. The van der Waals surface area contributed by atoms with Crippen LogP contribution < -0.4 is 10.1 Å². The Hall–Kier alpha value is -3.21. The minimum Gasteiger partial charge on any atom is -0.475 e. The van der Waals surface area contributed by atoms with E-state index in [0.717, 1.165) is 16.9 Å². The highest BCUT2D eigenvalue weighted by Crippen LogP contribution is 2.29. The number of aromatic nitrogens is 2. The van der Waals surface area contributed by atoms with Gasteiger partial charge in [-0.1, -0.05) is 11.6 Å². The first-order chi connectivity index (χ1) is 11.7. The van der Waals surface area contributed by atoms with E-state index in [0.29, 0.717) is 0 Å². The van der Waals surface area contributed by atoms with Gasteiger partial charge in [0.25, 0.3) is 5.69 Å². The van der Waals surface area contributed by atoms with E-state index >= 15 is 0 Å². The lowest BCUT2D eigenvalue weighted by molar-refractivity contribution is -0.385. The number of nitro benzene ring substituents is 1. The number of amides is 1. The Morgan fingerprint density at radius 2 is 1.96 bits per heavy atom. The molecule has 132 valence electrons. The van der Waals surface area contributed by atoms with Crippen LogP contribution >= 0.6 is 11.6 Å². The molecule has 0 spiro atoms. The number of methoxy groups -OCH3 is 1. The van der Waals surface area contributed by atoms with Crippen molar-refractivity contribution in [3.05, 3.63) is 49.6 Å². The maximum absolute atomic E-state index is 12.3. The second-order valence-corrected chi connectivity index (χ2v) is 5.28. The minimum absolute atomic E-state index is 0.0557. The molecule has 1 amide bonds. The summed E-state index contributed by atoms with van der Waals surface area (Å²) in [5, 5.41) is 28.3. The first kappa shape index (κ1) is 18.1. The van der Waals surface area contributed by atoms with Crippen molar-refractivity contribution in [2.75, 3.05) is 12.4 Å². The van der Waals surface area contributed by atoms with Crippen molar-refractivity contribution in [2.24, 2.45) is 0 Å². The predicted molar refractivity (Wildman–Crippen MR) is 86.9 cm³/mol. The van der Waals surface area contributed by atoms with Gasteiger partial charge in [-0.15, -0.1) is 5.10 Å². The number of hydrogen-bond acceptors (Lipinski definition) is 7. The average Bonchev–Trinajstić information content (AvgIpc) is 3.00. The molecule has 0 saturated heterocycles. The van der Waals surface area contributed by atoms with Crippen molar-refractivity contribution in [1.29, 1.82) is 0 Å². The smallest absolute Gasteiger partial charge is 0.350 e. The van der Waals surface area contributed by atoms with Crippen molar-refractivity contribution >= 4 is 34.6 Å². The van der Waals surface area contributed by atoms with Gasteiger partial charge in [0, 0.05) is 11.1 Å². The normalized spacial score (nSPS) is 11.6. The zero-order valence-electron chi connectivity index (χ0n) is 13.0. The van der Waals surface area contributed by atoms with Gasteiger partial charge in [-0.05, 0) is 19.1 Å². The molecule has 0 aliphatic carbocycles. The number of carbonyl (C=O) groups is 1. The SMILES string of the molecule is COc1nn(C(C)C(=O)Nc2ccc(Cl)cc2[N+](=O)[O-])cc1[N+](=O)[O-]. The van der Waals surface area contributed by atoms with Crippen molar-refractivity contribution in [1.82, 2.24) is 9.78 Å². The van der Waals surface area contributed by atoms with Gasteiger partial charge in [-0.2, -0.15) is 0 Å². The third-order valence-electron chi connectivity index (χ3n) is 3.26. The second kappa shape index (κ2) is 7.13. The maximum Gasteiger partial charge on any atom is 0.350 e. The van der Waals surface area contributed by atoms with Crippen LogP contribution in [0.2, 0.25) is 5.02 Å². The molecule has 2 aromatic rings. The summed E-state index contributed by atoms with van der Waals surface area (Å²) in [6, 6.07) is 2.79. The van der Waals surface area contributed by atoms with Crippen LogP contribution in [0.3, 0.4) is 0 Å². The topological polar surface area (TPSA) is 142 Å². The number of hydrogen-bond donors (Lipinski definition) is 1. The third-order valence-corrected chi connectivity index (χ3v) is 3.50. The molecular weight excluding hydrogens is 358 g/mol. The molecule has 1 N–H and O–H groups in total. The van der Waals surface area contributed by atoms with Crippen LogP contribution in [0.25, 0.3) is 0 Å². The number of carbonyl (C=O) groups excluding carboxylic acids is 1. The Labute approximate surface area is 145 Å². The molecule has 11 nitrogen and oxygen atoms in total. The highest BCUT2D eigenvalue weighted by molar-refractivity contribution is 6.31. The van der Waals surface area contributed by atoms with Crippen LogP contribution in [-0.4, -0.2) is 32.6 Å². The number of ether oxygens (including phenoxy) is 1. The summed E-state index contributed by atoms with van der Waals surface area (Å²) < 4.78 is 5.83. The molecule has 1 aromatic heterocycles. The summed E-state index contributed by atoms with van der Waals surface area (Å²) in [4.78, 5) is 32.9. The number of halogens is 1. The zero-order chi connectivity index (χ0) is 18.7. The molecule has 0 radical (unpaired) electrons. The Kier molecular flexibility index (Phi) is 5.17. The van der Waals surface area contributed by atoms with Gasteiger partial charge >= 0.3 is 11.6 Å². The van der Waals surface area contributed by atoms with Gasteiger partial charge < -0.3 is 10.1 Å². The number of rotatable bonds is 6. The van der Waals surface area contributed by atoms with E-state index in [9.17, 15) is 25.0 Å². The maximum atomic E-state index is 12.3. The fourth-order valence-electron chi connectivity index (χ4n) is 1.95. The zero-order valence-corrected chi connectivity index (χ0v) is 13.8. The van der Waals surface area contributed by atoms with Crippen molar-refractivity contribution in [3.8, 4) is 5.88 Å². The Bertz CT molecular complexity index is 851. The van der Waals surface area contributed by atoms with E-state index in [1.54, 1.807) is 0 Å². The minimum atomic E-state index is -0.988. The predicted octanol–water partition coefficient (Wildman–Crippen LogP) is 2.56. The van der Waals surface area contributed by atoms with Gasteiger partial charge in [-0.3, -0.25) is 25.0 Å². The molecule has 0 saturated carbocycles. The van der Waals surface area contributed by atoms with Gasteiger partial charge in [0.2, 0.25) is 5.91 Å². The van der Waals surface area contributed by atoms with Crippen LogP contribution in [0.1, 0.15) is 13.0 Å². The van der Waals surface area contributed by atoms with E-state index in [1.807, 2.05) is 0 Å². The molecule has 1 aromatic carbocycles. The molecule has 25 heavy (non-hydrogen) atoms. The molecular formula is C13H12ClN5O6. The van der Waals surface area contributed by atoms with Gasteiger partial charge in [0.1, 0.15) is 17.9 Å². The largest absolute Gasteiger partial charge is 0.475 e. The number of nitrogens with one attached hydrogen (secondary N) is 1. The molecule has 12 heteroatoms. The summed E-state index contributed by atoms with van der Waals surface area (Å²) in [5.41, 5.74) is -0.837. The summed E-state index contributed by atoms with van der Waals surface area (Å²) in [7, 11) is 1.21. The molecule has 0 aliphatic heterocycles. The highest BCUT2D eigenvalue weighted by atomic mass is 35.5. The lowest BCUT2D eigenvalue weighted by Gasteiger charge is -2.12. The van der Waals surface area contributed by atoms with E-state index in [-0.39, 0.29) is 22.3 Å². The van der Waals surface area contributed by atoms with Gasteiger partial charge in [-0.25, -0.2) is 4.68 Å². The average molecular weight is 370 g/mol. The number of benzene rings is 1. The van der Waals surface area contributed by atoms with E-state index in [1.165, 1.54) is 26.2 Å². The van der Waals surface area contributed by atoms with Crippen molar-refractivity contribution in [2.45, 2.75) is 13.0 Å². The number of nitrogens with zero attached hydrogens (tertiary/aromatic N) is 4. The summed E-state index contributed by atoms with van der Waals surface area (Å²) >= 11 is 5.71. The molecule has 1 unspecified atom stereocenters. The van der Waals surface area contributed by atoms with Gasteiger partial charge in [0.05, 0.1) is 17.0 Å². The van der Waals surface area contributed by atoms with Crippen LogP contribution in [0.4, 0.5) is 17.1 Å². The third kappa shape index (κ3) is 3.83. The van der Waals surface area contributed by atoms with Crippen LogP contribution in [0.5, 0.6) is 5.88 Å². The molecule has 0 bridgehead atoms. The summed E-state index contributed by atoms with van der Waals surface area (Å²) in [5.74, 6) is -0.910. The summed E-state index contributed by atoms with van der Waals surface area (Å²) in [6.45, 7) is 1.42. The molecule has 0 aliphatic rings. The van der Waals surface area contributed by atoms with Crippen LogP contribution in [0.15, 0.2) is 24.4 Å². The highest BCUT2D eigenvalue weighted by Gasteiger charge is 2.26. The van der Waals surface area contributed by atoms with E-state index < -0.39 is 27.5 Å². The van der Waals surface area contributed by atoms with E-state index in [4.69, 9.17) is 16.3 Å². The first-order valence-electron chi connectivity index (χ1n) is 6.77. The van der Waals surface area contributed by atoms with Crippen molar-refractivity contribution < 1.29 is 19.4 Å². The van der Waals surface area contributed by atoms with Gasteiger partial charge in [0.15, 0.2) is 0 Å². The standard InChI is InChI=1S/C13H12ClN5O6/c1-7(17-6-11(19(23)24)13(16-17)25-2)12(20)15-9-4-3-8(14)5-10(9)18(21)22/h3-7H,1-2H3,(H,15,20). The Balaban J connectivity index is 2.27. The van der Waals surface area contributed by atoms with Crippen molar-refractivity contribution in [3.63, 3.8) is 0 Å². The number of nitro groups is 2. The second-order valence-electron chi connectivity index (χ2n) is 4.84. The quantitative estimate of drug-likeness (QED) is 0.608. The Morgan fingerprint density at radius 3 is 2.48 bits per heavy atom. The lowest BCUT2D eigenvalue weighted by Crippen LogP contribution is -2.24. The molecule has 1 atom stereocenters. The monoisotopic (exact) mass is 369 g/mol. The fraction of sp³-hybridized carbons (Fsp3) is 0.231. The van der Waals surface area contributed by atoms with Crippen LogP contribution in [0, 0.1) is 20.2 Å². The molecule has 2 rings (SSSR count). The lowest BCUT2D eigenvalue weighted by atomic mass is 10.2. The molecule has 0 fully saturated rings. The fourth-order valence-corrected chi connectivity index (χ4v) is 2.12. The molecule has 1 heterocycles. The summed E-state index contributed by atoms with van der Waals surface area (Å²) in [6.07, 6.45) is 1.04. The van der Waals surface area contributed by atoms with Crippen LogP contribution in [-0.2, 0) is 4.79 Å².